The molecule has 0 N–H and O–H groups in total. The van der Waals surface area contributed by atoms with Gasteiger partial charge in [-0.1, -0.05) is 48.5 Å². The summed E-state index contributed by atoms with van der Waals surface area (Å²) in [5.41, 5.74) is 10.9. The molecule has 0 fully saturated rings. The van der Waals surface area contributed by atoms with Crippen molar-refractivity contribution in [2.24, 2.45) is 14.1 Å². The Bertz CT molecular complexity index is 1130. The van der Waals surface area contributed by atoms with Crippen molar-refractivity contribution in [2.45, 2.75) is 19.3 Å². The van der Waals surface area contributed by atoms with Crippen LogP contribution in [0.5, 0.6) is 0 Å². The van der Waals surface area contributed by atoms with Gasteiger partial charge in [-0.3, -0.25) is 9.36 Å². The van der Waals surface area contributed by atoms with Crippen molar-refractivity contribution < 1.29 is 0 Å². The summed E-state index contributed by atoms with van der Waals surface area (Å²) in [6.07, 6.45) is 7.22. The second kappa shape index (κ2) is 6.23. The van der Waals surface area contributed by atoms with Crippen LogP contribution >= 0.6 is 0 Å². The molecule has 4 aromatic rings. The normalized spacial score (nSPS) is 13.1. The molecule has 6 rings (SSSR count). The Morgan fingerprint density at radius 3 is 1.93 bits per heavy atom. The topological polar surface area (TPSA) is 35.6 Å². The molecule has 0 amide bonds. The van der Waals surface area contributed by atoms with Gasteiger partial charge in [0.1, 0.15) is 0 Å². The van der Waals surface area contributed by atoms with Crippen LogP contribution in [0, 0.1) is 0 Å². The fourth-order valence-electron chi connectivity index (χ4n) is 4.25. The molecule has 0 aliphatic heterocycles. The lowest BCUT2D eigenvalue weighted by Gasteiger charge is -2.16. The molecule has 0 unspecified atom stereocenters. The van der Waals surface area contributed by atoms with Crippen LogP contribution in [0.1, 0.15) is 22.5 Å². The van der Waals surface area contributed by atoms with E-state index in [1.807, 2.05) is 35.9 Å². The van der Waals surface area contributed by atoms with E-state index in [0.29, 0.717) is 0 Å². The third-order valence-electron chi connectivity index (χ3n) is 5.73. The first-order valence-electron chi connectivity index (χ1n) is 9.40. The molecular formula is C23H22N4. The highest BCUT2D eigenvalue weighted by Crippen LogP contribution is 2.35. The lowest BCUT2D eigenvalue weighted by molar-refractivity contribution is 0.701. The van der Waals surface area contributed by atoms with Crippen LogP contribution in [0.15, 0.2) is 60.9 Å². The van der Waals surface area contributed by atoms with Gasteiger partial charge < -0.3 is 0 Å². The molecule has 0 atom stereocenters. The quantitative estimate of drug-likeness (QED) is 0.418. The first-order valence-corrected chi connectivity index (χ1v) is 9.40. The SMILES string of the molecule is Cn1ncc2c1CCc1ccccc1-2.Cn1ncc2c1Cc1ccccc1-2. The van der Waals surface area contributed by atoms with Gasteiger partial charge in [-0.25, -0.2) is 0 Å². The zero-order valence-corrected chi connectivity index (χ0v) is 15.7. The summed E-state index contributed by atoms with van der Waals surface area (Å²) in [5, 5.41) is 8.57. The molecule has 2 heterocycles. The molecule has 2 aliphatic carbocycles. The first kappa shape index (κ1) is 16.1. The molecule has 134 valence electrons. The lowest BCUT2D eigenvalue weighted by atomic mass is 9.90. The number of benzene rings is 2. The van der Waals surface area contributed by atoms with Gasteiger partial charge in [0.15, 0.2) is 0 Å². The molecule has 4 heteroatoms. The Morgan fingerprint density at radius 1 is 0.630 bits per heavy atom. The maximum Gasteiger partial charge on any atom is 0.0571 e. The number of rotatable bonds is 0. The summed E-state index contributed by atoms with van der Waals surface area (Å²) in [5.74, 6) is 0. The molecule has 0 bridgehead atoms. The van der Waals surface area contributed by atoms with Crippen LogP contribution in [0.4, 0.5) is 0 Å². The molecule has 2 aromatic carbocycles. The minimum Gasteiger partial charge on any atom is -0.272 e. The number of aromatic nitrogens is 4. The van der Waals surface area contributed by atoms with Crippen molar-refractivity contribution in [3.8, 4) is 22.3 Å². The zero-order chi connectivity index (χ0) is 18.4. The average Bonchev–Trinajstić information content (AvgIpc) is 3.38. The van der Waals surface area contributed by atoms with E-state index in [9.17, 15) is 0 Å². The zero-order valence-electron chi connectivity index (χ0n) is 15.7. The Labute approximate surface area is 159 Å². The van der Waals surface area contributed by atoms with Crippen molar-refractivity contribution >= 4 is 0 Å². The van der Waals surface area contributed by atoms with Gasteiger partial charge in [-0.2, -0.15) is 10.2 Å². The summed E-state index contributed by atoms with van der Waals surface area (Å²) in [7, 11) is 4.03. The minimum atomic E-state index is 1.03. The summed E-state index contributed by atoms with van der Waals surface area (Å²) in [4.78, 5) is 0. The third kappa shape index (κ3) is 2.60. The summed E-state index contributed by atoms with van der Waals surface area (Å²) in [6.45, 7) is 0. The molecule has 27 heavy (non-hydrogen) atoms. The maximum atomic E-state index is 4.31. The second-order valence-electron chi connectivity index (χ2n) is 7.25. The van der Waals surface area contributed by atoms with Crippen LogP contribution in [0.25, 0.3) is 22.3 Å². The lowest BCUT2D eigenvalue weighted by Crippen LogP contribution is -2.06. The van der Waals surface area contributed by atoms with Crippen LogP contribution in [-0.4, -0.2) is 19.6 Å². The van der Waals surface area contributed by atoms with Crippen LogP contribution < -0.4 is 0 Å². The van der Waals surface area contributed by atoms with E-state index >= 15 is 0 Å². The fraction of sp³-hybridized carbons (Fsp3) is 0.217. The predicted octanol–water partition coefficient (Wildman–Crippen LogP) is 4.18. The molecule has 4 nitrogen and oxygen atoms in total. The molecule has 0 saturated heterocycles. The van der Waals surface area contributed by atoms with Crippen molar-refractivity contribution in [3.05, 3.63) is 83.4 Å². The van der Waals surface area contributed by atoms with E-state index in [1.54, 1.807) is 0 Å². The van der Waals surface area contributed by atoms with Gasteiger partial charge in [0.25, 0.3) is 0 Å². The van der Waals surface area contributed by atoms with Crippen molar-refractivity contribution in [1.82, 2.24) is 19.6 Å². The molecule has 0 spiro atoms. The average molecular weight is 354 g/mol. The van der Waals surface area contributed by atoms with Crippen LogP contribution in [-0.2, 0) is 33.4 Å². The highest BCUT2D eigenvalue weighted by Gasteiger charge is 2.21. The van der Waals surface area contributed by atoms with Gasteiger partial charge in [0, 0.05) is 37.3 Å². The van der Waals surface area contributed by atoms with Crippen molar-refractivity contribution in [1.29, 1.82) is 0 Å². The van der Waals surface area contributed by atoms with Gasteiger partial charge in [0.05, 0.1) is 18.1 Å². The minimum absolute atomic E-state index is 1.03. The van der Waals surface area contributed by atoms with E-state index in [0.717, 1.165) is 19.3 Å². The number of hydrogen-bond acceptors (Lipinski definition) is 2. The van der Waals surface area contributed by atoms with Crippen LogP contribution in [0.2, 0.25) is 0 Å². The second-order valence-corrected chi connectivity index (χ2v) is 7.25. The van der Waals surface area contributed by atoms with Crippen molar-refractivity contribution in [3.63, 3.8) is 0 Å². The summed E-state index contributed by atoms with van der Waals surface area (Å²) in [6, 6.07) is 17.2. The Morgan fingerprint density at radius 2 is 1.19 bits per heavy atom. The summed E-state index contributed by atoms with van der Waals surface area (Å²) < 4.78 is 3.96. The first-order chi connectivity index (χ1) is 13.2. The number of hydrogen-bond donors (Lipinski definition) is 0. The number of aryl methyl sites for hydroxylation is 3. The maximum absolute atomic E-state index is 4.31. The molecule has 2 aliphatic rings. The molecule has 0 radical (unpaired) electrons. The van der Waals surface area contributed by atoms with E-state index in [1.165, 1.54) is 44.8 Å². The predicted molar refractivity (Wildman–Crippen MR) is 108 cm³/mol. The fourth-order valence-corrected chi connectivity index (χ4v) is 4.25. The smallest absolute Gasteiger partial charge is 0.0571 e. The number of nitrogens with zero attached hydrogens (tertiary/aromatic N) is 4. The number of fused-ring (bicyclic) bond motifs is 6. The van der Waals surface area contributed by atoms with E-state index in [-0.39, 0.29) is 0 Å². The molecule has 2 aromatic heterocycles. The Balaban J connectivity index is 0.000000119. The van der Waals surface area contributed by atoms with Gasteiger partial charge >= 0.3 is 0 Å². The highest BCUT2D eigenvalue weighted by atomic mass is 15.3. The van der Waals surface area contributed by atoms with E-state index in [4.69, 9.17) is 0 Å². The van der Waals surface area contributed by atoms with Crippen molar-refractivity contribution in [2.75, 3.05) is 0 Å². The monoisotopic (exact) mass is 354 g/mol. The van der Waals surface area contributed by atoms with E-state index < -0.39 is 0 Å². The third-order valence-corrected chi connectivity index (χ3v) is 5.73. The highest BCUT2D eigenvalue weighted by molar-refractivity contribution is 5.74. The standard InChI is InChI=1S/C12H12N2.C11H10N2/c1-14-12-7-6-9-4-2-3-5-10(9)11(12)8-13-14;1-13-11-6-8-4-2-3-5-9(8)10(11)7-12-13/h2-5,8H,6-7H2,1H3;2-5,7H,6H2,1H3. The van der Waals surface area contributed by atoms with Gasteiger partial charge in [-0.05, 0) is 35.1 Å². The van der Waals surface area contributed by atoms with Gasteiger partial charge in [-0.15, -0.1) is 0 Å². The largest absolute Gasteiger partial charge is 0.272 e. The van der Waals surface area contributed by atoms with Gasteiger partial charge in [0.2, 0.25) is 0 Å². The molecule has 0 saturated carbocycles. The summed E-state index contributed by atoms with van der Waals surface area (Å²) >= 11 is 0. The van der Waals surface area contributed by atoms with Crippen LogP contribution in [0.3, 0.4) is 0 Å². The van der Waals surface area contributed by atoms with E-state index in [2.05, 4.69) is 58.7 Å². The Hall–Kier alpha value is -3.14. The molecular weight excluding hydrogens is 332 g/mol. The Kier molecular flexibility index (Phi) is 3.71.